The Hall–Kier alpha value is -0.130. The number of rotatable bonds is 8. The van der Waals surface area contributed by atoms with Crippen molar-refractivity contribution in [2.45, 2.75) is 43.5 Å². The highest BCUT2D eigenvalue weighted by atomic mass is 32.2. The summed E-state index contributed by atoms with van der Waals surface area (Å²) < 4.78 is 1.09. The first kappa shape index (κ1) is 12.9. The summed E-state index contributed by atoms with van der Waals surface area (Å²) in [5.74, 6) is 1.15. The summed E-state index contributed by atoms with van der Waals surface area (Å²) in [6, 6.07) is 0.639. The minimum absolute atomic E-state index is 0.639. The maximum atomic E-state index is 4.00. The predicted octanol–water partition coefficient (Wildman–Crippen LogP) is 2.80. The molecule has 5 heteroatoms. The molecule has 0 spiro atoms. The van der Waals surface area contributed by atoms with Gasteiger partial charge in [-0.25, -0.2) is 0 Å². The van der Waals surface area contributed by atoms with Crippen molar-refractivity contribution < 1.29 is 0 Å². The average Bonchev–Trinajstić information content (AvgIpc) is 2.74. The van der Waals surface area contributed by atoms with Gasteiger partial charge in [0.25, 0.3) is 0 Å². The largest absolute Gasteiger partial charge is 0.314 e. The fraction of sp³-hybridized carbons (Fsp3) is 0.800. The van der Waals surface area contributed by atoms with E-state index in [1.165, 1.54) is 19.3 Å². The van der Waals surface area contributed by atoms with Crippen molar-refractivity contribution in [2.24, 2.45) is 0 Å². The summed E-state index contributed by atoms with van der Waals surface area (Å²) in [7, 11) is 0. The van der Waals surface area contributed by atoms with Gasteiger partial charge in [0.05, 0.1) is 0 Å². The molecule has 1 heterocycles. The molecular formula is C10H19N3S2. The van der Waals surface area contributed by atoms with Crippen LogP contribution in [0, 0.1) is 0 Å². The summed E-state index contributed by atoms with van der Waals surface area (Å²) in [6.07, 6.45) is 3.69. The van der Waals surface area contributed by atoms with E-state index in [0.29, 0.717) is 6.04 Å². The van der Waals surface area contributed by atoms with Gasteiger partial charge in [-0.05, 0) is 32.7 Å². The highest BCUT2D eigenvalue weighted by molar-refractivity contribution is 8.00. The van der Waals surface area contributed by atoms with Gasteiger partial charge in [0.2, 0.25) is 0 Å². The quantitative estimate of drug-likeness (QED) is 0.564. The second-order valence-corrected chi connectivity index (χ2v) is 5.73. The molecule has 0 aliphatic rings. The van der Waals surface area contributed by atoms with Gasteiger partial charge < -0.3 is 5.32 Å². The number of hydrogen-bond acceptors (Lipinski definition) is 5. The van der Waals surface area contributed by atoms with Gasteiger partial charge in [0, 0.05) is 11.8 Å². The molecule has 86 valence electrons. The second-order valence-electron chi connectivity index (χ2n) is 3.55. The van der Waals surface area contributed by atoms with Crippen LogP contribution >= 0.6 is 23.1 Å². The fourth-order valence-corrected chi connectivity index (χ4v) is 2.79. The molecule has 1 atom stereocenters. The van der Waals surface area contributed by atoms with Crippen molar-refractivity contribution in [3.8, 4) is 0 Å². The smallest absolute Gasteiger partial charge is 0.174 e. The van der Waals surface area contributed by atoms with E-state index >= 15 is 0 Å². The van der Waals surface area contributed by atoms with Crippen molar-refractivity contribution in [3.63, 3.8) is 0 Å². The Morgan fingerprint density at radius 1 is 1.60 bits per heavy atom. The molecule has 1 unspecified atom stereocenters. The Kier molecular flexibility index (Phi) is 6.96. The van der Waals surface area contributed by atoms with Crippen LogP contribution in [0.1, 0.15) is 33.1 Å². The normalized spacial score (nSPS) is 12.9. The zero-order chi connectivity index (χ0) is 10.9. The summed E-state index contributed by atoms with van der Waals surface area (Å²) in [6.45, 7) is 5.58. The molecule has 0 bridgehead atoms. The molecule has 1 aromatic rings. The molecule has 0 aromatic carbocycles. The Morgan fingerprint density at radius 3 is 3.13 bits per heavy atom. The van der Waals surface area contributed by atoms with E-state index in [0.717, 1.165) is 16.6 Å². The van der Waals surface area contributed by atoms with Gasteiger partial charge in [-0.3, -0.25) is 0 Å². The molecule has 1 aromatic heterocycles. The Bertz CT molecular complexity index is 239. The lowest BCUT2D eigenvalue weighted by atomic mass is 10.2. The Balaban J connectivity index is 1.97. The number of hydrogen-bond donors (Lipinski definition) is 1. The zero-order valence-corrected chi connectivity index (χ0v) is 11.0. The van der Waals surface area contributed by atoms with Gasteiger partial charge in [-0.2, -0.15) is 0 Å². The molecule has 0 fully saturated rings. The first-order chi connectivity index (χ1) is 7.33. The van der Waals surface area contributed by atoms with E-state index in [1.807, 2.05) is 11.8 Å². The highest BCUT2D eigenvalue weighted by Crippen LogP contribution is 2.20. The van der Waals surface area contributed by atoms with E-state index in [-0.39, 0.29) is 0 Å². The van der Waals surface area contributed by atoms with Gasteiger partial charge in [0.15, 0.2) is 4.34 Å². The van der Waals surface area contributed by atoms with Gasteiger partial charge in [-0.15, -0.1) is 10.2 Å². The summed E-state index contributed by atoms with van der Waals surface area (Å²) >= 11 is 3.43. The summed E-state index contributed by atoms with van der Waals surface area (Å²) in [5, 5.41) is 11.3. The van der Waals surface area contributed by atoms with Gasteiger partial charge in [0.1, 0.15) is 5.51 Å². The van der Waals surface area contributed by atoms with E-state index in [2.05, 4.69) is 29.4 Å². The predicted molar refractivity (Wildman–Crippen MR) is 67.6 cm³/mol. The lowest BCUT2D eigenvalue weighted by Crippen LogP contribution is -2.26. The van der Waals surface area contributed by atoms with Crippen LogP contribution < -0.4 is 5.32 Å². The molecule has 0 saturated heterocycles. The summed E-state index contributed by atoms with van der Waals surface area (Å²) in [4.78, 5) is 0. The van der Waals surface area contributed by atoms with Crippen molar-refractivity contribution in [3.05, 3.63) is 5.51 Å². The lowest BCUT2D eigenvalue weighted by Gasteiger charge is -2.11. The average molecular weight is 245 g/mol. The van der Waals surface area contributed by atoms with Crippen LogP contribution in [-0.2, 0) is 0 Å². The molecule has 0 saturated carbocycles. The number of nitrogens with zero attached hydrogens (tertiary/aromatic N) is 2. The van der Waals surface area contributed by atoms with Crippen molar-refractivity contribution in [2.75, 3.05) is 12.3 Å². The monoisotopic (exact) mass is 245 g/mol. The number of thioether (sulfide) groups is 1. The van der Waals surface area contributed by atoms with Crippen LogP contribution in [0.5, 0.6) is 0 Å². The third-order valence-corrected chi connectivity index (χ3v) is 4.04. The minimum Gasteiger partial charge on any atom is -0.314 e. The standard InChI is InChI=1S/C10H19N3S2/c1-3-6-11-9(2)5-4-7-14-10-13-12-8-15-10/h8-9,11H,3-7H2,1-2H3. The molecule has 15 heavy (non-hydrogen) atoms. The molecule has 1 N–H and O–H groups in total. The topological polar surface area (TPSA) is 37.8 Å². The third-order valence-electron chi connectivity index (χ3n) is 2.09. The lowest BCUT2D eigenvalue weighted by molar-refractivity contribution is 0.510. The Morgan fingerprint density at radius 2 is 2.47 bits per heavy atom. The van der Waals surface area contributed by atoms with Crippen LogP contribution in [-0.4, -0.2) is 28.5 Å². The maximum absolute atomic E-state index is 4.00. The summed E-state index contributed by atoms with van der Waals surface area (Å²) in [5.41, 5.74) is 1.79. The molecule has 0 aliphatic heterocycles. The molecule has 1 rings (SSSR count). The minimum atomic E-state index is 0.639. The van der Waals surface area contributed by atoms with Crippen LogP contribution in [0.4, 0.5) is 0 Å². The number of nitrogens with one attached hydrogen (secondary N) is 1. The van der Waals surface area contributed by atoms with Crippen LogP contribution in [0.25, 0.3) is 0 Å². The zero-order valence-electron chi connectivity index (χ0n) is 9.40. The molecule has 0 aliphatic carbocycles. The SMILES string of the molecule is CCCNC(C)CCCSc1nncs1. The van der Waals surface area contributed by atoms with E-state index in [9.17, 15) is 0 Å². The van der Waals surface area contributed by atoms with Crippen LogP contribution in [0.15, 0.2) is 9.85 Å². The second kappa shape index (κ2) is 8.07. The van der Waals surface area contributed by atoms with Gasteiger partial charge in [-0.1, -0.05) is 30.0 Å². The third kappa shape index (κ3) is 6.12. The molecular weight excluding hydrogens is 226 g/mol. The molecule has 0 radical (unpaired) electrons. The first-order valence-corrected chi connectivity index (χ1v) is 7.31. The van der Waals surface area contributed by atoms with Crippen molar-refractivity contribution in [1.82, 2.24) is 15.5 Å². The first-order valence-electron chi connectivity index (χ1n) is 5.45. The fourth-order valence-electron chi connectivity index (χ4n) is 1.27. The Labute approximate surface area is 100 Å². The van der Waals surface area contributed by atoms with Gasteiger partial charge >= 0.3 is 0 Å². The van der Waals surface area contributed by atoms with E-state index < -0.39 is 0 Å². The van der Waals surface area contributed by atoms with Crippen molar-refractivity contribution >= 4 is 23.1 Å². The van der Waals surface area contributed by atoms with Crippen LogP contribution in [0.3, 0.4) is 0 Å². The van der Waals surface area contributed by atoms with E-state index in [1.54, 1.807) is 16.8 Å². The molecule has 3 nitrogen and oxygen atoms in total. The highest BCUT2D eigenvalue weighted by Gasteiger charge is 2.01. The van der Waals surface area contributed by atoms with Crippen LogP contribution in [0.2, 0.25) is 0 Å². The maximum Gasteiger partial charge on any atom is 0.174 e. The number of aromatic nitrogens is 2. The van der Waals surface area contributed by atoms with E-state index in [4.69, 9.17) is 0 Å². The molecule has 0 amide bonds. The van der Waals surface area contributed by atoms with Crippen molar-refractivity contribution in [1.29, 1.82) is 0 Å².